The molecule has 0 aliphatic carbocycles. The summed E-state index contributed by atoms with van der Waals surface area (Å²) < 4.78 is 0. The quantitative estimate of drug-likeness (QED) is 0.668. The van der Waals surface area contributed by atoms with Gasteiger partial charge in [0.1, 0.15) is 0 Å². The average Bonchev–Trinajstić information content (AvgIpc) is 2.15. The van der Waals surface area contributed by atoms with Gasteiger partial charge in [-0.1, -0.05) is 27.7 Å². The van der Waals surface area contributed by atoms with Crippen LogP contribution in [0.15, 0.2) is 0 Å². The van der Waals surface area contributed by atoms with E-state index in [0.717, 1.165) is 6.54 Å². The Hall–Kier alpha value is -0.570. The summed E-state index contributed by atoms with van der Waals surface area (Å²) in [5, 5.41) is 6.13. The second-order valence-corrected chi connectivity index (χ2v) is 5.33. The monoisotopic (exact) mass is 228 g/mol. The Labute approximate surface area is 100 Å². The normalized spacial score (nSPS) is 11.5. The molecule has 0 atom stereocenters. The minimum atomic E-state index is 0.111. The van der Waals surface area contributed by atoms with E-state index in [0.29, 0.717) is 24.3 Å². The lowest BCUT2D eigenvalue weighted by molar-refractivity contribution is -0.120. The van der Waals surface area contributed by atoms with E-state index in [1.165, 1.54) is 12.8 Å². The minimum absolute atomic E-state index is 0.111. The van der Waals surface area contributed by atoms with E-state index in [9.17, 15) is 4.79 Å². The van der Waals surface area contributed by atoms with Crippen LogP contribution in [0.2, 0.25) is 0 Å². The second-order valence-electron chi connectivity index (χ2n) is 5.33. The van der Waals surface area contributed by atoms with E-state index < -0.39 is 0 Å². The molecule has 1 amide bonds. The lowest BCUT2D eigenvalue weighted by atomic mass is 9.95. The molecule has 0 aliphatic heterocycles. The van der Waals surface area contributed by atoms with E-state index in [4.69, 9.17) is 0 Å². The van der Waals surface area contributed by atoms with Crippen molar-refractivity contribution in [2.24, 2.45) is 11.8 Å². The van der Waals surface area contributed by atoms with E-state index in [2.05, 4.69) is 38.3 Å². The summed E-state index contributed by atoms with van der Waals surface area (Å²) in [6.45, 7) is 9.76. The Morgan fingerprint density at radius 1 is 1.06 bits per heavy atom. The Morgan fingerprint density at radius 2 is 1.56 bits per heavy atom. The fourth-order valence-corrected chi connectivity index (χ4v) is 1.92. The predicted molar refractivity (Wildman–Crippen MR) is 69.4 cm³/mol. The fraction of sp³-hybridized carbons (Fsp3) is 0.923. The van der Waals surface area contributed by atoms with Gasteiger partial charge in [0.05, 0.1) is 0 Å². The molecule has 3 nitrogen and oxygen atoms in total. The molecule has 0 saturated heterocycles. The predicted octanol–water partition coefficient (Wildman–Crippen LogP) is 2.17. The highest BCUT2D eigenvalue weighted by molar-refractivity contribution is 5.75. The summed E-state index contributed by atoms with van der Waals surface area (Å²) >= 11 is 0. The summed E-state index contributed by atoms with van der Waals surface area (Å²) in [6, 6.07) is 0.546. The molecule has 0 rings (SSSR count). The largest absolute Gasteiger partial charge is 0.359 e. The summed E-state index contributed by atoms with van der Waals surface area (Å²) in [6.07, 6.45) is 2.95. The highest BCUT2D eigenvalue weighted by Crippen LogP contribution is 2.13. The van der Waals surface area contributed by atoms with Crippen LogP contribution >= 0.6 is 0 Å². The molecule has 16 heavy (non-hydrogen) atoms. The smallest absolute Gasteiger partial charge is 0.221 e. The van der Waals surface area contributed by atoms with Crippen LogP contribution in [-0.4, -0.2) is 25.5 Å². The van der Waals surface area contributed by atoms with Crippen LogP contribution in [0.3, 0.4) is 0 Å². The van der Waals surface area contributed by atoms with Crippen molar-refractivity contribution in [1.29, 1.82) is 0 Å². The van der Waals surface area contributed by atoms with Gasteiger partial charge in [0.2, 0.25) is 5.91 Å². The molecular weight excluding hydrogens is 200 g/mol. The van der Waals surface area contributed by atoms with Gasteiger partial charge in [0.15, 0.2) is 0 Å². The number of amides is 1. The number of carbonyl (C=O) groups excluding carboxylic acids is 1. The third-order valence-electron chi connectivity index (χ3n) is 2.58. The molecule has 0 bridgehead atoms. The minimum Gasteiger partial charge on any atom is -0.359 e. The first-order valence-electron chi connectivity index (χ1n) is 6.39. The van der Waals surface area contributed by atoms with Crippen LogP contribution < -0.4 is 10.6 Å². The molecule has 0 aromatic rings. The van der Waals surface area contributed by atoms with Crippen molar-refractivity contribution in [3.63, 3.8) is 0 Å². The second kappa shape index (κ2) is 8.57. The molecule has 0 unspecified atom stereocenters. The van der Waals surface area contributed by atoms with E-state index in [-0.39, 0.29) is 5.91 Å². The standard InChI is InChI=1S/C13H28N2O/c1-10(2)8-12(9-11(3)4)15-7-6-13(16)14-5/h10-12,15H,6-9H2,1-5H3,(H,14,16). The van der Waals surface area contributed by atoms with Gasteiger partial charge in [-0.25, -0.2) is 0 Å². The van der Waals surface area contributed by atoms with Gasteiger partial charge in [0.25, 0.3) is 0 Å². The van der Waals surface area contributed by atoms with Crippen molar-refractivity contribution in [2.75, 3.05) is 13.6 Å². The zero-order chi connectivity index (χ0) is 12.6. The van der Waals surface area contributed by atoms with Gasteiger partial charge in [-0.3, -0.25) is 4.79 Å². The van der Waals surface area contributed by atoms with Crippen molar-refractivity contribution in [1.82, 2.24) is 10.6 Å². The zero-order valence-corrected chi connectivity index (χ0v) is 11.5. The van der Waals surface area contributed by atoms with Gasteiger partial charge in [0, 0.05) is 26.1 Å². The van der Waals surface area contributed by atoms with Crippen LogP contribution in [0.4, 0.5) is 0 Å². The molecule has 0 heterocycles. The van der Waals surface area contributed by atoms with Crippen LogP contribution in [0.1, 0.15) is 47.0 Å². The third-order valence-corrected chi connectivity index (χ3v) is 2.58. The van der Waals surface area contributed by atoms with Crippen molar-refractivity contribution in [2.45, 2.75) is 53.0 Å². The van der Waals surface area contributed by atoms with Crippen LogP contribution in [-0.2, 0) is 4.79 Å². The van der Waals surface area contributed by atoms with Crippen LogP contribution in [0, 0.1) is 11.8 Å². The molecule has 0 fully saturated rings. The van der Waals surface area contributed by atoms with Crippen molar-refractivity contribution < 1.29 is 4.79 Å². The third kappa shape index (κ3) is 8.72. The Bertz CT molecular complexity index is 180. The van der Waals surface area contributed by atoms with Crippen LogP contribution in [0.5, 0.6) is 0 Å². The maximum atomic E-state index is 11.1. The SMILES string of the molecule is CNC(=O)CCNC(CC(C)C)CC(C)C. The first kappa shape index (κ1) is 15.4. The summed E-state index contributed by atoms with van der Waals surface area (Å²) in [7, 11) is 1.68. The zero-order valence-electron chi connectivity index (χ0n) is 11.5. The summed E-state index contributed by atoms with van der Waals surface area (Å²) in [5.41, 5.74) is 0. The summed E-state index contributed by atoms with van der Waals surface area (Å²) in [5.74, 6) is 1.52. The van der Waals surface area contributed by atoms with E-state index in [1.807, 2.05) is 0 Å². The van der Waals surface area contributed by atoms with Crippen molar-refractivity contribution >= 4 is 5.91 Å². The van der Waals surface area contributed by atoms with Gasteiger partial charge in [-0.05, 0) is 24.7 Å². The molecule has 0 radical (unpaired) electrons. The highest BCUT2D eigenvalue weighted by atomic mass is 16.1. The number of hydrogen-bond acceptors (Lipinski definition) is 2. The van der Waals surface area contributed by atoms with Crippen LogP contribution in [0.25, 0.3) is 0 Å². The van der Waals surface area contributed by atoms with Gasteiger partial charge in [-0.15, -0.1) is 0 Å². The molecule has 0 aromatic heterocycles. The lowest BCUT2D eigenvalue weighted by Crippen LogP contribution is -2.34. The number of hydrogen-bond donors (Lipinski definition) is 2. The lowest BCUT2D eigenvalue weighted by Gasteiger charge is -2.22. The Kier molecular flexibility index (Phi) is 8.26. The molecule has 0 saturated carbocycles. The van der Waals surface area contributed by atoms with Gasteiger partial charge < -0.3 is 10.6 Å². The molecular formula is C13H28N2O. The van der Waals surface area contributed by atoms with E-state index in [1.54, 1.807) is 7.05 Å². The molecule has 3 heteroatoms. The average molecular weight is 228 g/mol. The molecule has 2 N–H and O–H groups in total. The van der Waals surface area contributed by atoms with Crippen molar-refractivity contribution in [3.05, 3.63) is 0 Å². The van der Waals surface area contributed by atoms with Gasteiger partial charge >= 0.3 is 0 Å². The topological polar surface area (TPSA) is 41.1 Å². The maximum absolute atomic E-state index is 11.1. The number of rotatable bonds is 8. The number of nitrogens with one attached hydrogen (secondary N) is 2. The Balaban J connectivity index is 3.86. The molecule has 96 valence electrons. The first-order valence-corrected chi connectivity index (χ1v) is 6.39. The Morgan fingerprint density at radius 3 is 1.94 bits per heavy atom. The summed E-state index contributed by atoms with van der Waals surface area (Å²) in [4.78, 5) is 11.1. The highest BCUT2D eigenvalue weighted by Gasteiger charge is 2.12. The molecule has 0 aromatic carbocycles. The molecule has 0 spiro atoms. The maximum Gasteiger partial charge on any atom is 0.221 e. The number of carbonyl (C=O) groups is 1. The van der Waals surface area contributed by atoms with Crippen molar-refractivity contribution in [3.8, 4) is 0 Å². The fourth-order valence-electron chi connectivity index (χ4n) is 1.92. The van der Waals surface area contributed by atoms with Gasteiger partial charge in [-0.2, -0.15) is 0 Å². The first-order chi connectivity index (χ1) is 7.45. The van der Waals surface area contributed by atoms with E-state index >= 15 is 0 Å². The molecule has 0 aliphatic rings.